The smallest absolute Gasteiger partial charge is 0.0480 e. The fourth-order valence-corrected chi connectivity index (χ4v) is 2.22. The van der Waals surface area contributed by atoms with E-state index in [0.717, 1.165) is 38.9 Å². The average molecular weight is 185 g/mol. The minimum absolute atomic E-state index is 0.367. The summed E-state index contributed by atoms with van der Waals surface area (Å²) >= 11 is 0. The van der Waals surface area contributed by atoms with Gasteiger partial charge in [0.15, 0.2) is 0 Å². The summed E-state index contributed by atoms with van der Waals surface area (Å²) in [5.74, 6) is 0.567. The van der Waals surface area contributed by atoms with E-state index in [1.54, 1.807) is 0 Å². The third-order valence-electron chi connectivity index (χ3n) is 3.19. The van der Waals surface area contributed by atoms with Crippen LogP contribution in [0.1, 0.15) is 25.7 Å². The van der Waals surface area contributed by atoms with Crippen LogP contribution < -0.4 is 5.32 Å². The van der Waals surface area contributed by atoms with Crippen LogP contribution in [0, 0.1) is 5.92 Å². The van der Waals surface area contributed by atoms with E-state index in [2.05, 4.69) is 5.32 Å². The monoisotopic (exact) mass is 185 g/mol. The summed E-state index contributed by atoms with van der Waals surface area (Å²) in [6, 6.07) is 1.33. The largest absolute Gasteiger partial charge is 0.396 e. The zero-order valence-electron chi connectivity index (χ0n) is 8.04. The molecule has 3 heteroatoms. The van der Waals surface area contributed by atoms with Gasteiger partial charge in [0.25, 0.3) is 0 Å². The highest BCUT2D eigenvalue weighted by molar-refractivity contribution is 4.87. The van der Waals surface area contributed by atoms with E-state index in [1.807, 2.05) is 0 Å². The van der Waals surface area contributed by atoms with E-state index < -0.39 is 0 Å². The highest BCUT2D eigenvalue weighted by Crippen LogP contribution is 2.27. The zero-order valence-corrected chi connectivity index (χ0v) is 8.04. The fraction of sp³-hybridized carbons (Fsp3) is 1.00. The van der Waals surface area contributed by atoms with Crippen molar-refractivity contribution in [1.29, 1.82) is 0 Å². The second-order valence-electron chi connectivity index (χ2n) is 4.27. The number of rotatable bonds is 3. The third kappa shape index (κ3) is 2.42. The summed E-state index contributed by atoms with van der Waals surface area (Å²) in [6.45, 7) is 2.19. The van der Waals surface area contributed by atoms with Gasteiger partial charge < -0.3 is 15.2 Å². The summed E-state index contributed by atoms with van der Waals surface area (Å²) < 4.78 is 5.30. The number of hydrogen-bond acceptors (Lipinski definition) is 3. The number of ether oxygens (including phenoxy) is 1. The maximum atomic E-state index is 8.86. The lowest BCUT2D eigenvalue weighted by Gasteiger charge is -2.38. The summed E-state index contributed by atoms with van der Waals surface area (Å²) in [5.41, 5.74) is 0. The Hall–Kier alpha value is -0.120. The van der Waals surface area contributed by atoms with Crippen LogP contribution in [-0.2, 0) is 4.74 Å². The predicted molar refractivity (Wildman–Crippen MR) is 50.6 cm³/mol. The van der Waals surface area contributed by atoms with E-state index in [1.165, 1.54) is 0 Å². The molecule has 2 aliphatic rings. The molecule has 3 nitrogen and oxygen atoms in total. The number of aliphatic hydroxyl groups excluding tert-OH is 1. The molecule has 0 aromatic rings. The van der Waals surface area contributed by atoms with Gasteiger partial charge in [-0.15, -0.1) is 0 Å². The second-order valence-corrected chi connectivity index (χ2v) is 4.27. The van der Waals surface area contributed by atoms with E-state index in [-0.39, 0.29) is 0 Å². The molecular formula is C10H19NO2. The van der Waals surface area contributed by atoms with Crippen LogP contribution in [0.5, 0.6) is 0 Å². The maximum absolute atomic E-state index is 8.86. The zero-order chi connectivity index (χ0) is 9.10. The summed E-state index contributed by atoms with van der Waals surface area (Å²) in [6.07, 6.45) is 4.63. The Bertz CT molecular complexity index is 151. The van der Waals surface area contributed by atoms with Crippen molar-refractivity contribution < 1.29 is 9.84 Å². The molecule has 0 atom stereocenters. The molecule has 0 unspecified atom stereocenters. The maximum Gasteiger partial charge on any atom is 0.0480 e. The van der Waals surface area contributed by atoms with Gasteiger partial charge in [-0.05, 0) is 31.6 Å². The van der Waals surface area contributed by atoms with Crippen molar-refractivity contribution in [3.05, 3.63) is 0 Å². The van der Waals surface area contributed by atoms with Gasteiger partial charge in [-0.2, -0.15) is 0 Å². The van der Waals surface area contributed by atoms with E-state index in [0.29, 0.717) is 24.6 Å². The molecule has 0 bridgehead atoms. The van der Waals surface area contributed by atoms with Gasteiger partial charge >= 0.3 is 0 Å². The van der Waals surface area contributed by atoms with Crippen LogP contribution >= 0.6 is 0 Å². The number of aliphatic hydroxyl groups is 1. The SMILES string of the molecule is OCC1CC(NC2CCOCC2)C1. The van der Waals surface area contributed by atoms with Crippen LogP contribution in [0.25, 0.3) is 0 Å². The molecule has 0 spiro atoms. The van der Waals surface area contributed by atoms with Crippen LogP contribution in [0.4, 0.5) is 0 Å². The van der Waals surface area contributed by atoms with Gasteiger partial charge in [0.1, 0.15) is 0 Å². The molecule has 0 amide bonds. The van der Waals surface area contributed by atoms with Gasteiger partial charge in [-0.3, -0.25) is 0 Å². The van der Waals surface area contributed by atoms with Gasteiger partial charge in [0.05, 0.1) is 0 Å². The normalized spacial score (nSPS) is 35.8. The molecular weight excluding hydrogens is 166 g/mol. The van der Waals surface area contributed by atoms with Crippen LogP contribution in [-0.4, -0.2) is 37.0 Å². The molecule has 1 saturated heterocycles. The van der Waals surface area contributed by atoms with Crippen molar-refractivity contribution in [3.63, 3.8) is 0 Å². The predicted octanol–water partition coefficient (Wildman–Crippen LogP) is 0.526. The Labute approximate surface area is 79.5 Å². The first kappa shape index (κ1) is 9.44. The van der Waals surface area contributed by atoms with E-state index in [9.17, 15) is 0 Å². The Morgan fingerprint density at radius 3 is 2.46 bits per heavy atom. The van der Waals surface area contributed by atoms with Gasteiger partial charge in [0, 0.05) is 31.9 Å². The van der Waals surface area contributed by atoms with Crippen molar-refractivity contribution >= 4 is 0 Å². The first-order chi connectivity index (χ1) is 6.38. The second kappa shape index (κ2) is 4.40. The van der Waals surface area contributed by atoms with E-state index >= 15 is 0 Å². The average Bonchev–Trinajstić information content (AvgIpc) is 2.12. The van der Waals surface area contributed by atoms with Crippen molar-refractivity contribution in [2.45, 2.75) is 37.8 Å². The summed E-state index contributed by atoms with van der Waals surface area (Å²) in [7, 11) is 0. The minimum Gasteiger partial charge on any atom is -0.396 e. The van der Waals surface area contributed by atoms with Gasteiger partial charge in [-0.25, -0.2) is 0 Å². The molecule has 1 aliphatic heterocycles. The Balaban J connectivity index is 1.62. The lowest BCUT2D eigenvalue weighted by molar-refractivity contribution is 0.0597. The molecule has 13 heavy (non-hydrogen) atoms. The highest BCUT2D eigenvalue weighted by Gasteiger charge is 2.30. The molecule has 0 aromatic carbocycles. The quantitative estimate of drug-likeness (QED) is 0.674. The lowest BCUT2D eigenvalue weighted by Crippen LogP contribution is -2.48. The third-order valence-corrected chi connectivity index (χ3v) is 3.19. The van der Waals surface area contributed by atoms with E-state index in [4.69, 9.17) is 9.84 Å². The van der Waals surface area contributed by atoms with Crippen molar-refractivity contribution in [3.8, 4) is 0 Å². The number of hydrogen-bond donors (Lipinski definition) is 2. The highest BCUT2D eigenvalue weighted by atomic mass is 16.5. The van der Waals surface area contributed by atoms with Gasteiger partial charge in [0.2, 0.25) is 0 Å². The first-order valence-corrected chi connectivity index (χ1v) is 5.33. The molecule has 1 saturated carbocycles. The summed E-state index contributed by atoms with van der Waals surface area (Å²) in [5, 5.41) is 12.5. The topological polar surface area (TPSA) is 41.5 Å². The van der Waals surface area contributed by atoms with Crippen molar-refractivity contribution in [2.75, 3.05) is 19.8 Å². The minimum atomic E-state index is 0.367. The van der Waals surface area contributed by atoms with Gasteiger partial charge in [-0.1, -0.05) is 0 Å². The molecule has 2 N–H and O–H groups in total. The molecule has 0 radical (unpaired) electrons. The molecule has 1 aliphatic carbocycles. The standard InChI is InChI=1S/C10H19NO2/c12-7-8-5-10(6-8)11-9-1-3-13-4-2-9/h8-12H,1-7H2. The molecule has 2 rings (SSSR count). The Kier molecular flexibility index (Phi) is 3.19. The van der Waals surface area contributed by atoms with Crippen LogP contribution in [0.15, 0.2) is 0 Å². The fourth-order valence-electron chi connectivity index (χ4n) is 2.22. The Morgan fingerprint density at radius 2 is 1.85 bits per heavy atom. The lowest BCUT2D eigenvalue weighted by atomic mass is 9.80. The van der Waals surface area contributed by atoms with Crippen LogP contribution in [0.2, 0.25) is 0 Å². The molecule has 76 valence electrons. The van der Waals surface area contributed by atoms with Crippen molar-refractivity contribution in [1.82, 2.24) is 5.32 Å². The first-order valence-electron chi connectivity index (χ1n) is 5.33. The summed E-state index contributed by atoms with van der Waals surface area (Å²) in [4.78, 5) is 0. The van der Waals surface area contributed by atoms with Crippen molar-refractivity contribution in [2.24, 2.45) is 5.92 Å². The molecule has 1 heterocycles. The molecule has 2 fully saturated rings. The Morgan fingerprint density at radius 1 is 1.15 bits per heavy atom. The van der Waals surface area contributed by atoms with Crippen LogP contribution in [0.3, 0.4) is 0 Å². The molecule has 0 aromatic heterocycles. The number of nitrogens with one attached hydrogen (secondary N) is 1.